The molecule has 0 aromatic rings. The van der Waals surface area contributed by atoms with Crippen LogP contribution in [0.4, 0.5) is 0 Å². The van der Waals surface area contributed by atoms with Crippen molar-refractivity contribution in [3.8, 4) is 0 Å². The van der Waals surface area contributed by atoms with Crippen molar-refractivity contribution in [3.63, 3.8) is 0 Å². The number of hydrogen-bond acceptors (Lipinski definition) is 2. The zero-order valence-electron chi connectivity index (χ0n) is 8.83. The highest BCUT2D eigenvalue weighted by Crippen LogP contribution is 2.09. The normalized spacial score (nSPS) is 13.8. The Morgan fingerprint density at radius 3 is 2.62 bits per heavy atom. The van der Waals surface area contributed by atoms with Crippen LogP contribution in [0.2, 0.25) is 0 Å². The molecule has 2 heteroatoms. The lowest BCUT2D eigenvalue weighted by molar-refractivity contribution is 0.0952. The summed E-state index contributed by atoms with van der Waals surface area (Å²) >= 11 is 0. The SMILES string of the molecule is CCCCCC(C/C=C/CO)OC. The Morgan fingerprint density at radius 1 is 1.31 bits per heavy atom. The minimum Gasteiger partial charge on any atom is -0.392 e. The van der Waals surface area contributed by atoms with Gasteiger partial charge in [-0.05, 0) is 12.8 Å². The van der Waals surface area contributed by atoms with Crippen molar-refractivity contribution < 1.29 is 9.84 Å². The molecule has 0 aliphatic heterocycles. The smallest absolute Gasteiger partial charge is 0.0612 e. The van der Waals surface area contributed by atoms with Gasteiger partial charge < -0.3 is 9.84 Å². The average Bonchev–Trinajstić information content (AvgIpc) is 2.16. The Bertz CT molecular complexity index is 121. The van der Waals surface area contributed by atoms with E-state index >= 15 is 0 Å². The maximum Gasteiger partial charge on any atom is 0.0612 e. The summed E-state index contributed by atoms with van der Waals surface area (Å²) in [5.41, 5.74) is 0. The first kappa shape index (κ1) is 12.7. The van der Waals surface area contributed by atoms with Crippen molar-refractivity contribution in [1.82, 2.24) is 0 Å². The Morgan fingerprint density at radius 2 is 2.08 bits per heavy atom. The monoisotopic (exact) mass is 186 g/mol. The number of methoxy groups -OCH3 is 1. The van der Waals surface area contributed by atoms with Gasteiger partial charge in [0.2, 0.25) is 0 Å². The molecule has 13 heavy (non-hydrogen) atoms. The summed E-state index contributed by atoms with van der Waals surface area (Å²) in [5.74, 6) is 0. The van der Waals surface area contributed by atoms with Crippen LogP contribution < -0.4 is 0 Å². The second-order valence-corrected chi connectivity index (χ2v) is 3.24. The highest BCUT2D eigenvalue weighted by molar-refractivity contribution is 4.83. The molecule has 0 spiro atoms. The Labute approximate surface area is 81.6 Å². The van der Waals surface area contributed by atoms with Gasteiger partial charge in [-0.15, -0.1) is 0 Å². The number of aliphatic hydroxyl groups excluding tert-OH is 1. The molecule has 1 atom stereocenters. The molecule has 0 aromatic carbocycles. The van der Waals surface area contributed by atoms with Crippen molar-refractivity contribution in [2.24, 2.45) is 0 Å². The summed E-state index contributed by atoms with van der Waals surface area (Å²) in [6.45, 7) is 2.33. The molecule has 0 aliphatic rings. The van der Waals surface area contributed by atoms with E-state index in [1.807, 2.05) is 6.08 Å². The molecule has 0 fully saturated rings. The maximum atomic E-state index is 8.54. The van der Waals surface area contributed by atoms with E-state index in [4.69, 9.17) is 9.84 Å². The molecule has 0 radical (unpaired) electrons. The molecule has 0 bridgehead atoms. The van der Waals surface area contributed by atoms with E-state index in [0.29, 0.717) is 6.10 Å². The van der Waals surface area contributed by atoms with Gasteiger partial charge in [0, 0.05) is 7.11 Å². The first-order valence-electron chi connectivity index (χ1n) is 5.13. The first-order chi connectivity index (χ1) is 6.35. The van der Waals surface area contributed by atoms with Crippen LogP contribution >= 0.6 is 0 Å². The third-order valence-electron chi connectivity index (χ3n) is 2.13. The lowest BCUT2D eigenvalue weighted by atomic mass is 10.1. The van der Waals surface area contributed by atoms with Crippen LogP contribution in [0.25, 0.3) is 0 Å². The Balaban J connectivity index is 3.45. The van der Waals surface area contributed by atoms with Crippen molar-refractivity contribution in [2.45, 2.75) is 45.1 Å². The van der Waals surface area contributed by atoms with Gasteiger partial charge in [-0.25, -0.2) is 0 Å². The van der Waals surface area contributed by atoms with Crippen molar-refractivity contribution in [1.29, 1.82) is 0 Å². The minimum absolute atomic E-state index is 0.130. The van der Waals surface area contributed by atoms with E-state index in [1.165, 1.54) is 19.3 Å². The van der Waals surface area contributed by atoms with Crippen LogP contribution in [0.3, 0.4) is 0 Å². The topological polar surface area (TPSA) is 29.5 Å². The molecule has 1 N–H and O–H groups in total. The predicted octanol–water partition coefficient (Wildman–Crippen LogP) is 2.52. The van der Waals surface area contributed by atoms with E-state index < -0.39 is 0 Å². The molecule has 0 aliphatic carbocycles. The van der Waals surface area contributed by atoms with Gasteiger partial charge in [0.15, 0.2) is 0 Å². The van der Waals surface area contributed by atoms with Gasteiger partial charge in [-0.3, -0.25) is 0 Å². The van der Waals surface area contributed by atoms with Crippen molar-refractivity contribution in [2.75, 3.05) is 13.7 Å². The van der Waals surface area contributed by atoms with Crippen molar-refractivity contribution >= 4 is 0 Å². The number of hydrogen-bond donors (Lipinski definition) is 1. The van der Waals surface area contributed by atoms with E-state index in [-0.39, 0.29) is 6.61 Å². The van der Waals surface area contributed by atoms with E-state index in [1.54, 1.807) is 13.2 Å². The molecule has 0 aromatic heterocycles. The van der Waals surface area contributed by atoms with Crippen LogP contribution in [0, 0.1) is 0 Å². The van der Waals surface area contributed by atoms with Crippen LogP contribution in [0.15, 0.2) is 12.2 Å². The van der Waals surface area contributed by atoms with Crippen LogP contribution in [-0.4, -0.2) is 24.9 Å². The van der Waals surface area contributed by atoms with E-state index in [0.717, 1.165) is 12.8 Å². The Hall–Kier alpha value is -0.340. The van der Waals surface area contributed by atoms with Gasteiger partial charge >= 0.3 is 0 Å². The number of ether oxygens (including phenoxy) is 1. The maximum absolute atomic E-state index is 8.54. The van der Waals surface area contributed by atoms with E-state index in [2.05, 4.69) is 6.92 Å². The van der Waals surface area contributed by atoms with Crippen LogP contribution in [0.1, 0.15) is 39.0 Å². The standard InChI is InChI=1S/C11H22O2/c1-3-4-5-8-11(13-2)9-6-7-10-12/h6-7,11-12H,3-5,8-10H2,1-2H3/b7-6+. The van der Waals surface area contributed by atoms with Crippen LogP contribution in [-0.2, 0) is 4.74 Å². The molecule has 0 rings (SSSR count). The zero-order chi connectivity index (χ0) is 9.94. The third-order valence-corrected chi connectivity index (χ3v) is 2.13. The van der Waals surface area contributed by atoms with Gasteiger partial charge in [-0.2, -0.15) is 0 Å². The lowest BCUT2D eigenvalue weighted by Crippen LogP contribution is -2.08. The van der Waals surface area contributed by atoms with Gasteiger partial charge in [0.05, 0.1) is 12.7 Å². The molecule has 0 heterocycles. The molecule has 0 amide bonds. The quantitative estimate of drug-likeness (QED) is 0.466. The second-order valence-electron chi connectivity index (χ2n) is 3.24. The fourth-order valence-corrected chi connectivity index (χ4v) is 1.28. The summed E-state index contributed by atoms with van der Waals surface area (Å²) in [6.07, 6.45) is 9.90. The molecule has 0 saturated heterocycles. The second kappa shape index (κ2) is 9.75. The fourth-order valence-electron chi connectivity index (χ4n) is 1.28. The summed E-state index contributed by atoms with van der Waals surface area (Å²) in [4.78, 5) is 0. The summed E-state index contributed by atoms with van der Waals surface area (Å²) in [7, 11) is 1.75. The largest absolute Gasteiger partial charge is 0.392 e. The predicted molar refractivity (Wildman–Crippen MR) is 55.8 cm³/mol. The van der Waals surface area contributed by atoms with Crippen molar-refractivity contribution in [3.05, 3.63) is 12.2 Å². The third kappa shape index (κ3) is 8.00. The van der Waals surface area contributed by atoms with Gasteiger partial charge in [-0.1, -0.05) is 38.3 Å². The van der Waals surface area contributed by atoms with Crippen LogP contribution in [0.5, 0.6) is 0 Å². The van der Waals surface area contributed by atoms with Gasteiger partial charge in [0.1, 0.15) is 0 Å². The highest BCUT2D eigenvalue weighted by Gasteiger charge is 2.03. The average molecular weight is 186 g/mol. The number of rotatable bonds is 8. The summed E-state index contributed by atoms with van der Waals surface area (Å²) < 4.78 is 5.31. The van der Waals surface area contributed by atoms with Gasteiger partial charge in [0.25, 0.3) is 0 Å². The molecule has 78 valence electrons. The molecule has 2 nitrogen and oxygen atoms in total. The Kier molecular flexibility index (Phi) is 9.49. The summed E-state index contributed by atoms with van der Waals surface area (Å²) in [6, 6.07) is 0. The molecule has 1 unspecified atom stereocenters. The number of unbranched alkanes of at least 4 members (excludes halogenated alkanes) is 2. The first-order valence-corrected chi connectivity index (χ1v) is 5.13. The molecule has 0 saturated carbocycles. The van der Waals surface area contributed by atoms with E-state index in [9.17, 15) is 0 Å². The molecular weight excluding hydrogens is 164 g/mol. The number of aliphatic hydroxyl groups is 1. The highest BCUT2D eigenvalue weighted by atomic mass is 16.5. The fraction of sp³-hybridized carbons (Fsp3) is 0.818. The lowest BCUT2D eigenvalue weighted by Gasteiger charge is -2.12. The summed E-state index contributed by atoms with van der Waals surface area (Å²) in [5, 5.41) is 8.54. The minimum atomic E-state index is 0.130. The molecular formula is C11H22O2. The zero-order valence-corrected chi connectivity index (χ0v) is 8.83.